The monoisotopic (exact) mass is 235 g/mol. The number of aromatic nitrogens is 2. The van der Waals surface area contributed by atoms with Crippen molar-refractivity contribution in [2.75, 3.05) is 7.05 Å². The van der Waals surface area contributed by atoms with E-state index in [9.17, 15) is 0 Å². The van der Waals surface area contributed by atoms with Crippen LogP contribution in [-0.4, -0.2) is 22.6 Å². The summed E-state index contributed by atoms with van der Waals surface area (Å²) in [5.41, 5.74) is 2.89. The molecule has 3 heteroatoms. The van der Waals surface area contributed by atoms with E-state index in [1.165, 1.54) is 55.7 Å². The molecule has 1 aliphatic rings. The number of nitrogens with zero attached hydrogens (tertiary/aromatic N) is 2. The lowest BCUT2D eigenvalue weighted by atomic mass is 10.0. The van der Waals surface area contributed by atoms with E-state index in [4.69, 9.17) is 4.98 Å². The minimum atomic E-state index is 0.620. The molecule has 1 aliphatic carbocycles. The summed E-state index contributed by atoms with van der Waals surface area (Å²) in [6.07, 6.45) is 7.56. The molecule has 1 atom stereocenters. The van der Waals surface area contributed by atoms with Gasteiger partial charge in [0.1, 0.15) is 5.82 Å². The molecule has 0 aliphatic heterocycles. The van der Waals surface area contributed by atoms with Gasteiger partial charge in [-0.2, -0.15) is 0 Å². The third-order valence-corrected chi connectivity index (χ3v) is 3.94. The zero-order chi connectivity index (χ0) is 12.3. The van der Waals surface area contributed by atoms with E-state index in [0.29, 0.717) is 6.04 Å². The highest BCUT2D eigenvalue weighted by Crippen LogP contribution is 2.22. The van der Waals surface area contributed by atoms with Crippen molar-refractivity contribution in [2.45, 2.75) is 65.0 Å². The number of fused-ring (bicyclic) bond motifs is 1. The van der Waals surface area contributed by atoms with E-state index < -0.39 is 0 Å². The zero-order valence-electron chi connectivity index (χ0n) is 11.4. The van der Waals surface area contributed by atoms with Crippen molar-refractivity contribution >= 4 is 0 Å². The van der Waals surface area contributed by atoms with Gasteiger partial charge in [0.05, 0.1) is 5.69 Å². The van der Waals surface area contributed by atoms with Crippen LogP contribution in [0.15, 0.2) is 0 Å². The van der Waals surface area contributed by atoms with Crippen LogP contribution in [0.3, 0.4) is 0 Å². The molecule has 0 fully saturated rings. The molecule has 1 heterocycles. The first-order valence-corrected chi connectivity index (χ1v) is 6.94. The number of imidazole rings is 1. The van der Waals surface area contributed by atoms with Gasteiger partial charge in [0, 0.05) is 18.3 Å². The molecule has 0 saturated heterocycles. The average Bonchev–Trinajstić information content (AvgIpc) is 2.66. The molecule has 0 aromatic carbocycles. The molecule has 3 nitrogen and oxygen atoms in total. The molecule has 17 heavy (non-hydrogen) atoms. The number of aryl methyl sites for hydroxylation is 2. The molecular formula is C14H25N3. The summed E-state index contributed by atoms with van der Waals surface area (Å²) in [5, 5.41) is 3.30. The second kappa shape index (κ2) is 5.67. The lowest BCUT2D eigenvalue weighted by Crippen LogP contribution is -2.21. The van der Waals surface area contributed by atoms with Crippen molar-refractivity contribution in [3.63, 3.8) is 0 Å². The van der Waals surface area contributed by atoms with Crippen molar-refractivity contribution < 1.29 is 0 Å². The van der Waals surface area contributed by atoms with Crippen molar-refractivity contribution in [3.8, 4) is 0 Å². The Kier molecular flexibility index (Phi) is 4.21. The van der Waals surface area contributed by atoms with Crippen LogP contribution in [0.5, 0.6) is 0 Å². The molecule has 0 amide bonds. The molecule has 0 saturated carbocycles. The van der Waals surface area contributed by atoms with E-state index in [-0.39, 0.29) is 0 Å². The first-order chi connectivity index (χ1) is 8.22. The number of rotatable bonds is 5. The number of hydrogen-bond acceptors (Lipinski definition) is 2. The summed E-state index contributed by atoms with van der Waals surface area (Å²) in [4.78, 5) is 4.72. The molecule has 96 valence electrons. The maximum atomic E-state index is 4.72. The fourth-order valence-electron chi connectivity index (χ4n) is 2.73. The summed E-state index contributed by atoms with van der Waals surface area (Å²) in [6, 6.07) is 0.620. The Morgan fingerprint density at radius 1 is 1.35 bits per heavy atom. The second-order valence-corrected chi connectivity index (χ2v) is 5.24. The largest absolute Gasteiger partial charge is 0.332 e. The number of nitrogens with one attached hydrogen (secondary N) is 1. The summed E-state index contributed by atoms with van der Waals surface area (Å²) >= 11 is 0. The van der Waals surface area contributed by atoms with Crippen molar-refractivity contribution in [2.24, 2.45) is 0 Å². The third-order valence-electron chi connectivity index (χ3n) is 3.94. The van der Waals surface area contributed by atoms with Crippen LogP contribution in [0, 0.1) is 6.92 Å². The topological polar surface area (TPSA) is 29.9 Å². The highest BCUT2D eigenvalue weighted by atomic mass is 15.1. The zero-order valence-corrected chi connectivity index (χ0v) is 11.4. The first-order valence-electron chi connectivity index (χ1n) is 6.94. The normalized spacial score (nSPS) is 16.9. The molecule has 2 rings (SSSR count). The van der Waals surface area contributed by atoms with Crippen molar-refractivity contribution in [1.82, 2.24) is 14.9 Å². The predicted octanol–water partition coefficient (Wildman–Crippen LogP) is 2.46. The van der Waals surface area contributed by atoms with Crippen LogP contribution in [0.2, 0.25) is 0 Å². The van der Waals surface area contributed by atoms with Crippen LogP contribution in [0.1, 0.15) is 49.8 Å². The summed E-state index contributed by atoms with van der Waals surface area (Å²) in [6.45, 7) is 5.54. The SMILES string of the molecule is CNC(C)CCCn1c(C)nc2c1CCCC2. The second-order valence-electron chi connectivity index (χ2n) is 5.24. The molecule has 1 aromatic heterocycles. The quantitative estimate of drug-likeness (QED) is 0.849. The van der Waals surface area contributed by atoms with Crippen LogP contribution >= 0.6 is 0 Å². The van der Waals surface area contributed by atoms with E-state index in [0.717, 1.165) is 6.54 Å². The standard InChI is InChI=1S/C14H25N3/c1-11(15-3)7-6-10-17-12(2)16-13-8-4-5-9-14(13)17/h11,15H,4-10H2,1-3H3. The van der Waals surface area contributed by atoms with Gasteiger partial charge in [0.15, 0.2) is 0 Å². The first kappa shape index (κ1) is 12.6. The summed E-state index contributed by atoms with van der Waals surface area (Å²) in [7, 11) is 2.04. The van der Waals surface area contributed by atoms with Gasteiger partial charge in [-0.05, 0) is 59.4 Å². The Morgan fingerprint density at radius 2 is 2.12 bits per heavy atom. The Morgan fingerprint density at radius 3 is 2.88 bits per heavy atom. The fourth-order valence-corrected chi connectivity index (χ4v) is 2.73. The van der Waals surface area contributed by atoms with Gasteiger partial charge in [0.2, 0.25) is 0 Å². The Balaban J connectivity index is 1.98. The minimum absolute atomic E-state index is 0.620. The van der Waals surface area contributed by atoms with E-state index >= 15 is 0 Å². The maximum Gasteiger partial charge on any atom is 0.106 e. The Bertz CT molecular complexity index is 368. The molecule has 1 aromatic rings. The highest BCUT2D eigenvalue weighted by Gasteiger charge is 2.17. The minimum Gasteiger partial charge on any atom is -0.332 e. The van der Waals surface area contributed by atoms with Crippen molar-refractivity contribution in [3.05, 3.63) is 17.2 Å². The molecule has 0 radical (unpaired) electrons. The molecule has 1 N–H and O–H groups in total. The summed E-state index contributed by atoms with van der Waals surface area (Å²) in [5.74, 6) is 1.22. The molecular weight excluding hydrogens is 210 g/mol. The maximum absolute atomic E-state index is 4.72. The molecule has 0 spiro atoms. The van der Waals surface area contributed by atoms with Crippen LogP contribution in [0.25, 0.3) is 0 Å². The van der Waals surface area contributed by atoms with Crippen LogP contribution in [0.4, 0.5) is 0 Å². The fraction of sp³-hybridized carbons (Fsp3) is 0.786. The lowest BCUT2D eigenvalue weighted by Gasteiger charge is -2.16. The van der Waals surface area contributed by atoms with Gasteiger partial charge in [-0.3, -0.25) is 0 Å². The van der Waals surface area contributed by atoms with E-state index in [1.807, 2.05) is 7.05 Å². The van der Waals surface area contributed by atoms with Gasteiger partial charge in [-0.25, -0.2) is 4.98 Å². The Labute approximate surface area is 105 Å². The van der Waals surface area contributed by atoms with Gasteiger partial charge >= 0.3 is 0 Å². The van der Waals surface area contributed by atoms with Gasteiger partial charge in [-0.1, -0.05) is 0 Å². The van der Waals surface area contributed by atoms with Crippen LogP contribution in [-0.2, 0) is 19.4 Å². The molecule has 1 unspecified atom stereocenters. The Hall–Kier alpha value is -0.830. The third kappa shape index (κ3) is 2.89. The smallest absolute Gasteiger partial charge is 0.106 e. The number of hydrogen-bond donors (Lipinski definition) is 1. The van der Waals surface area contributed by atoms with Crippen molar-refractivity contribution in [1.29, 1.82) is 0 Å². The van der Waals surface area contributed by atoms with Gasteiger partial charge < -0.3 is 9.88 Å². The van der Waals surface area contributed by atoms with Gasteiger partial charge in [-0.15, -0.1) is 0 Å². The van der Waals surface area contributed by atoms with Crippen LogP contribution < -0.4 is 5.32 Å². The van der Waals surface area contributed by atoms with E-state index in [2.05, 4.69) is 23.7 Å². The molecule has 0 bridgehead atoms. The summed E-state index contributed by atoms with van der Waals surface area (Å²) < 4.78 is 2.46. The highest BCUT2D eigenvalue weighted by molar-refractivity contribution is 5.19. The lowest BCUT2D eigenvalue weighted by molar-refractivity contribution is 0.492. The van der Waals surface area contributed by atoms with E-state index in [1.54, 1.807) is 0 Å². The predicted molar refractivity (Wildman–Crippen MR) is 71.4 cm³/mol. The van der Waals surface area contributed by atoms with Gasteiger partial charge in [0.25, 0.3) is 0 Å². The average molecular weight is 235 g/mol.